The molecule has 0 aromatic heterocycles. The van der Waals surface area contributed by atoms with E-state index in [1.165, 1.54) is 5.56 Å². The maximum Gasteiger partial charge on any atom is 0.221 e. The minimum absolute atomic E-state index is 0.00398. The average Bonchev–Trinajstić information content (AvgIpc) is 2.27. The van der Waals surface area contributed by atoms with Gasteiger partial charge in [0.2, 0.25) is 5.91 Å². The summed E-state index contributed by atoms with van der Waals surface area (Å²) >= 11 is 0. The van der Waals surface area contributed by atoms with E-state index in [4.69, 9.17) is 6.42 Å². The normalized spacial score (nSPS) is 11.5. The van der Waals surface area contributed by atoms with Gasteiger partial charge in [-0.05, 0) is 11.5 Å². The number of hydrogen-bond acceptors (Lipinski definition) is 1. The van der Waals surface area contributed by atoms with Gasteiger partial charge < -0.3 is 5.32 Å². The van der Waals surface area contributed by atoms with Crippen molar-refractivity contribution in [3.63, 3.8) is 0 Å². The standard InChI is InChI=1S/C13H15NO/c1-3-9-14-13(15)10-11(2)12-7-5-4-6-8-12/h1,4-8,11H,9-10H2,2H3,(H,14,15). The van der Waals surface area contributed by atoms with Crippen LogP contribution in [0.4, 0.5) is 0 Å². The number of hydrogen-bond donors (Lipinski definition) is 1. The van der Waals surface area contributed by atoms with Gasteiger partial charge in [-0.25, -0.2) is 0 Å². The van der Waals surface area contributed by atoms with Crippen molar-refractivity contribution in [1.82, 2.24) is 5.32 Å². The highest BCUT2D eigenvalue weighted by Gasteiger charge is 2.09. The van der Waals surface area contributed by atoms with Crippen LogP contribution in [0.3, 0.4) is 0 Å². The van der Waals surface area contributed by atoms with Crippen molar-refractivity contribution in [2.75, 3.05) is 6.54 Å². The zero-order valence-electron chi connectivity index (χ0n) is 8.86. The lowest BCUT2D eigenvalue weighted by atomic mass is 9.98. The van der Waals surface area contributed by atoms with Crippen LogP contribution < -0.4 is 5.32 Å². The van der Waals surface area contributed by atoms with Crippen LogP contribution in [0, 0.1) is 12.3 Å². The molecule has 78 valence electrons. The van der Waals surface area contributed by atoms with E-state index in [0.717, 1.165) is 0 Å². The first-order valence-electron chi connectivity index (χ1n) is 4.99. The Balaban J connectivity index is 2.46. The van der Waals surface area contributed by atoms with Gasteiger partial charge in [0.15, 0.2) is 0 Å². The molecule has 0 saturated carbocycles. The minimum Gasteiger partial charge on any atom is -0.345 e. The number of amides is 1. The van der Waals surface area contributed by atoms with Gasteiger partial charge in [0.25, 0.3) is 0 Å². The Bertz CT molecular complexity index is 351. The lowest BCUT2D eigenvalue weighted by Gasteiger charge is -2.10. The van der Waals surface area contributed by atoms with Crippen LogP contribution in [-0.4, -0.2) is 12.5 Å². The van der Waals surface area contributed by atoms with Gasteiger partial charge in [-0.1, -0.05) is 43.2 Å². The van der Waals surface area contributed by atoms with Gasteiger partial charge in [-0.2, -0.15) is 0 Å². The summed E-state index contributed by atoms with van der Waals surface area (Å²) in [4.78, 5) is 11.4. The van der Waals surface area contributed by atoms with Crippen LogP contribution in [0.25, 0.3) is 0 Å². The molecule has 2 nitrogen and oxygen atoms in total. The van der Waals surface area contributed by atoms with Crippen molar-refractivity contribution in [2.45, 2.75) is 19.3 Å². The number of benzene rings is 1. The fraction of sp³-hybridized carbons (Fsp3) is 0.308. The van der Waals surface area contributed by atoms with Gasteiger partial charge in [0.05, 0.1) is 6.54 Å². The quantitative estimate of drug-likeness (QED) is 0.741. The van der Waals surface area contributed by atoms with Gasteiger partial charge in [-0.15, -0.1) is 6.42 Å². The maximum atomic E-state index is 11.4. The van der Waals surface area contributed by atoms with Crippen molar-refractivity contribution in [3.8, 4) is 12.3 Å². The van der Waals surface area contributed by atoms with Crippen LogP contribution in [0.2, 0.25) is 0 Å². The lowest BCUT2D eigenvalue weighted by molar-refractivity contribution is -0.121. The molecule has 1 rings (SSSR count). The molecule has 1 N–H and O–H groups in total. The van der Waals surface area contributed by atoms with Crippen molar-refractivity contribution < 1.29 is 4.79 Å². The van der Waals surface area contributed by atoms with E-state index in [1.54, 1.807) is 0 Å². The Morgan fingerprint density at radius 1 is 1.47 bits per heavy atom. The minimum atomic E-state index is 0.00398. The molecule has 0 aliphatic rings. The Hall–Kier alpha value is -1.75. The average molecular weight is 201 g/mol. The Kier molecular flexibility index (Phi) is 4.43. The van der Waals surface area contributed by atoms with E-state index >= 15 is 0 Å². The zero-order valence-corrected chi connectivity index (χ0v) is 8.86. The Morgan fingerprint density at radius 2 is 2.13 bits per heavy atom. The predicted octanol–water partition coefficient (Wildman–Crippen LogP) is 1.93. The summed E-state index contributed by atoms with van der Waals surface area (Å²) in [7, 11) is 0. The molecule has 0 aliphatic carbocycles. The smallest absolute Gasteiger partial charge is 0.221 e. The summed E-state index contributed by atoms with van der Waals surface area (Å²) in [6, 6.07) is 9.98. The molecule has 1 atom stereocenters. The molecule has 0 spiro atoms. The first kappa shape index (κ1) is 11.3. The molecule has 1 amide bonds. The third-order valence-corrected chi connectivity index (χ3v) is 2.25. The number of nitrogens with one attached hydrogen (secondary N) is 1. The number of carbonyl (C=O) groups is 1. The van der Waals surface area contributed by atoms with Crippen molar-refractivity contribution in [3.05, 3.63) is 35.9 Å². The molecular weight excluding hydrogens is 186 g/mol. The summed E-state index contributed by atoms with van der Waals surface area (Å²) in [5.41, 5.74) is 1.17. The molecule has 0 heterocycles. The SMILES string of the molecule is C#CCNC(=O)CC(C)c1ccccc1. The van der Waals surface area contributed by atoms with E-state index in [-0.39, 0.29) is 11.8 Å². The first-order chi connectivity index (χ1) is 7.24. The molecular formula is C13H15NO. The highest BCUT2D eigenvalue weighted by atomic mass is 16.1. The van der Waals surface area contributed by atoms with Gasteiger partial charge in [0, 0.05) is 6.42 Å². The van der Waals surface area contributed by atoms with Crippen LogP contribution in [0.15, 0.2) is 30.3 Å². The van der Waals surface area contributed by atoms with Crippen molar-refractivity contribution >= 4 is 5.91 Å². The van der Waals surface area contributed by atoms with Crippen LogP contribution in [0.1, 0.15) is 24.8 Å². The lowest BCUT2D eigenvalue weighted by Crippen LogP contribution is -2.24. The maximum absolute atomic E-state index is 11.4. The van der Waals surface area contributed by atoms with Crippen LogP contribution >= 0.6 is 0 Å². The van der Waals surface area contributed by atoms with E-state index in [2.05, 4.69) is 11.2 Å². The van der Waals surface area contributed by atoms with E-state index in [9.17, 15) is 4.79 Å². The third-order valence-electron chi connectivity index (χ3n) is 2.25. The number of carbonyl (C=O) groups excluding carboxylic acids is 1. The molecule has 0 radical (unpaired) electrons. The van der Waals surface area contributed by atoms with E-state index in [1.807, 2.05) is 37.3 Å². The van der Waals surface area contributed by atoms with Crippen molar-refractivity contribution in [1.29, 1.82) is 0 Å². The summed E-state index contributed by atoms with van der Waals surface area (Å²) in [6.45, 7) is 2.34. The van der Waals surface area contributed by atoms with Gasteiger partial charge >= 0.3 is 0 Å². The van der Waals surface area contributed by atoms with Crippen molar-refractivity contribution in [2.24, 2.45) is 0 Å². The fourth-order valence-corrected chi connectivity index (χ4v) is 1.40. The third kappa shape index (κ3) is 3.86. The topological polar surface area (TPSA) is 29.1 Å². The summed E-state index contributed by atoms with van der Waals surface area (Å²) in [5, 5.41) is 2.66. The highest BCUT2D eigenvalue weighted by Crippen LogP contribution is 2.17. The Labute approximate surface area is 90.7 Å². The molecule has 0 saturated heterocycles. The molecule has 1 unspecified atom stereocenters. The molecule has 0 bridgehead atoms. The highest BCUT2D eigenvalue weighted by molar-refractivity contribution is 5.77. The number of terminal acetylenes is 1. The fourth-order valence-electron chi connectivity index (χ4n) is 1.40. The molecule has 0 fully saturated rings. The van der Waals surface area contributed by atoms with Crippen LogP contribution in [-0.2, 0) is 4.79 Å². The van der Waals surface area contributed by atoms with E-state index < -0.39 is 0 Å². The monoisotopic (exact) mass is 201 g/mol. The largest absolute Gasteiger partial charge is 0.345 e. The first-order valence-corrected chi connectivity index (χ1v) is 4.99. The van der Waals surface area contributed by atoms with E-state index in [0.29, 0.717) is 13.0 Å². The molecule has 15 heavy (non-hydrogen) atoms. The zero-order chi connectivity index (χ0) is 11.1. The number of rotatable bonds is 4. The second-order valence-electron chi connectivity index (χ2n) is 3.50. The summed E-state index contributed by atoms with van der Waals surface area (Å²) in [5.74, 6) is 2.61. The summed E-state index contributed by atoms with van der Waals surface area (Å²) < 4.78 is 0. The summed E-state index contributed by atoms with van der Waals surface area (Å²) in [6.07, 6.45) is 5.53. The predicted molar refractivity (Wildman–Crippen MR) is 61.3 cm³/mol. The Morgan fingerprint density at radius 3 is 2.73 bits per heavy atom. The van der Waals surface area contributed by atoms with Gasteiger partial charge in [0.1, 0.15) is 0 Å². The van der Waals surface area contributed by atoms with Gasteiger partial charge in [-0.3, -0.25) is 4.79 Å². The second kappa shape index (κ2) is 5.87. The van der Waals surface area contributed by atoms with Crippen LogP contribution in [0.5, 0.6) is 0 Å². The molecule has 1 aromatic carbocycles. The second-order valence-corrected chi connectivity index (χ2v) is 3.50. The molecule has 0 aliphatic heterocycles. The molecule has 1 aromatic rings. The molecule has 2 heteroatoms.